The summed E-state index contributed by atoms with van der Waals surface area (Å²) in [6.07, 6.45) is -10.2. The van der Waals surface area contributed by atoms with Crippen molar-refractivity contribution in [3.8, 4) is 86.2 Å². The number of fused-ring (bicyclic) bond motifs is 6. The van der Waals surface area contributed by atoms with Crippen LogP contribution in [0.1, 0.15) is 38.9 Å². The Morgan fingerprint density at radius 2 is 0.770 bits per heavy atom. The van der Waals surface area contributed by atoms with E-state index in [4.69, 9.17) is 0 Å². The van der Waals surface area contributed by atoms with Crippen molar-refractivity contribution in [2.75, 3.05) is 0 Å². The third-order valence-corrected chi connectivity index (χ3v) is 13.4. The predicted molar refractivity (Wildman–Crippen MR) is 270 cm³/mol. The molecule has 0 fully saturated rings. The molecule has 0 unspecified atom stereocenters. The largest absolute Gasteiger partial charge is 0.417 e. The molecule has 11 aromatic rings. The Morgan fingerprint density at radius 3 is 1.28 bits per heavy atom. The van der Waals surface area contributed by atoms with Gasteiger partial charge < -0.3 is 9.13 Å². The van der Waals surface area contributed by atoms with Gasteiger partial charge in [0.1, 0.15) is 0 Å². The molecule has 0 spiro atoms. The van der Waals surface area contributed by atoms with Gasteiger partial charge in [-0.15, -0.1) is 0 Å². The van der Waals surface area contributed by atoms with Crippen LogP contribution in [0.4, 0.5) is 26.3 Å². The molecule has 0 saturated heterocycles. The minimum atomic E-state index is -5.19. The lowest BCUT2D eigenvalue weighted by Gasteiger charge is -2.21. The molecule has 0 amide bonds. The lowest BCUT2D eigenvalue weighted by molar-refractivity contribution is -0.142. The van der Waals surface area contributed by atoms with Crippen LogP contribution < -0.4 is 0 Å². The van der Waals surface area contributed by atoms with E-state index in [0.717, 1.165) is 38.8 Å². The molecule has 2 aromatic heterocycles. The second kappa shape index (κ2) is 17.5. The molecular formula is C61H29F6N7. The normalized spacial score (nSPS) is 11.6. The summed E-state index contributed by atoms with van der Waals surface area (Å²) in [5.41, 5.74) is 5.12. The first-order valence-electron chi connectivity index (χ1n) is 22.7. The van der Waals surface area contributed by atoms with Crippen molar-refractivity contribution in [1.82, 2.24) is 9.13 Å². The van der Waals surface area contributed by atoms with E-state index in [1.165, 1.54) is 24.3 Å². The second-order valence-electron chi connectivity index (χ2n) is 17.5. The maximum atomic E-state index is 15.0. The van der Waals surface area contributed by atoms with Crippen LogP contribution in [0, 0.1) is 56.7 Å². The molecule has 11 rings (SSSR count). The third kappa shape index (κ3) is 7.60. The molecule has 0 aliphatic carbocycles. The summed E-state index contributed by atoms with van der Waals surface area (Å²) in [5.74, 6) is 0. The van der Waals surface area contributed by atoms with E-state index in [-0.39, 0.29) is 22.8 Å². The lowest BCUT2D eigenvalue weighted by atomic mass is 9.92. The third-order valence-electron chi connectivity index (χ3n) is 13.4. The SMILES string of the molecule is N#Cc1ccc(-c2ccc3c(c2)c2ccccc2n3-c2ccc(C#N)cc2-c2ccc(-c3ccc(C(F)(F)F)cc3C(F)(F)F)cc2-n2c3ccccc3c3cc(-c4ccc(C#N)cc4C#N)ccc32)c(C#N)c1. The number of nitrogens with zero attached hydrogens (tertiary/aromatic N) is 7. The van der Waals surface area contributed by atoms with Gasteiger partial charge in [0.05, 0.1) is 103 Å². The number of alkyl halides is 6. The molecule has 0 aliphatic rings. The van der Waals surface area contributed by atoms with E-state index in [9.17, 15) is 52.7 Å². The van der Waals surface area contributed by atoms with Crippen LogP contribution in [0.25, 0.3) is 99.5 Å². The number of benzene rings is 9. The number of hydrogen-bond acceptors (Lipinski definition) is 5. The summed E-state index contributed by atoms with van der Waals surface area (Å²) >= 11 is 0. The van der Waals surface area contributed by atoms with Gasteiger partial charge in [-0.3, -0.25) is 0 Å². The maximum Gasteiger partial charge on any atom is 0.417 e. The first kappa shape index (κ1) is 46.0. The lowest BCUT2D eigenvalue weighted by Crippen LogP contribution is -2.12. The van der Waals surface area contributed by atoms with Gasteiger partial charge in [0.15, 0.2) is 0 Å². The van der Waals surface area contributed by atoms with Crippen molar-refractivity contribution in [1.29, 1.82) is 26.3 Å². The molecule has 74 heavy (non-hydrogen) atoms. The van der Waals surface area contributed by atoms with Crippen LogP contribution in [-0.4, -0.2) is 9.13 Å². The number of aromatic nitrogens is 2. The summed E-state index contributed by atoms with van der Waals surface area (Å²) in [4.78, 5) is 0. The zero-order valence-electron chi connectivity index (χ0n) is 38.1. The Balaban J connectivity index is 1.22. The number of halogens is 6. The standard InChI is InChI=1S/C61H29F6N7/c62-60(63,64)43-15-19-46(53(29-43)61(65,66)67)40-12-18-49(59(28-40)74-55-8-4-2-6-48(55)52-27-39(14-22-58(52)74)45-17-10-36(31-69)24-42(45)34-72)50-25-37(32-70)11-20-56(50)73-54-7-3-1-5-47(54)51-26-38(13-21-57(51)73)44-16-9-35(30-68)23-41(44)33-71/h1-29H. The molecule has 0 saturated carbocycles. The highest BCUT2D eigenvalue weighted by molar-refractivity contribution is 6.13. The van der Waals surface area contributed by atoms with Crippen molar-refractivity contribution in [2.24, 2.45) is 0 Å². The Kier molecular flexibility index (Phi) is 10.9. The minimum absolute atomic E-state index is 0.0366. The van der Waals surface area contributed by atoms with Crippen LogP contribution in [0.2, 0.25) is 0 Å². The zero-order chi connectivity index (χ0) is 51.6. The summed E-state index contributed by atoms with van der Waals surface area (Å²) in [6, 6.07) is 58.1. The van der Waals surface area contributed by atoms with Gasteiger partial charge in [0.2, 0.25) is 0 Å². The van der Waals surface area contributed by atoms with Crippen molar-refractivity contribution in [3.05, 3.63) is 215 Å². The number of rotatable bonds is 6. The summed E-state index contributed by atoms with van der Waals surface area (Å²) in [5, 5.41) is 52.9. The molecule has 0 bridgehead atoms. The summed E-state index contributed by atoms with van der Waals surface area (Å²) in [6.45, 7) is 0. The molecule has 9 aromatic carbocycles. The zero-order valence-corrected chi connectivity index (χ0v) is 38.1. The summed E-state index contributed by atoms with van der Waals surface area (Å²) < 4.78 is 90.9. The Hall–Kier alpha value is -10.4. The van der Waals surface area contributed by atoms with Gasteiger partial charge in [-0.1, -0.05) is 78.9 Å². The fourth-order valence-corrected chi connectivity index (χ4v) is 10.1. The molecule has 0 N–H and O–H groups in total. The average molecular weight is 974 g/mol. The minimum Gasteiger partial charge on any atom is -0.309 e. The van der Waals surface area contributed by atoms with Crippen LogP contribution in [0.15, 0.2) is 176 Å². The van der Waals surface area contributed by atoms with Crippen LogP contribution in [0.3, 0.4) is 0 Å². The summed E-state index contributed by atoms with van der Waals surface area (Å²) in [7, 11) is 0. The Bertz CT molecular complexity index is 4420. The van der Waals surface area contributed by atoms with Gasteiger partial charge in [0.25, 0.3) is 0 Å². The van der Waals surface area contributed by atoms with Gasteiger partial charge in [-0.05, 0) is 130 Å². The van der Waals surface area contributed by atoms with Gasteiger partial charge in [-0.25, -0.2) is 0 Å². The first-order chi connectivity index (χ1) is 35.7. The van der Waals surface area contributed by atoms with E-state index in [1.807, 2.05) is 81.9 Å². The topological polar surface area (TPSA) is 129 Å². The van der Waals surface area contributed by atoms with E-state index in [2.05, 4.69) is 30.3 Å². The molecule has 7 nitrogen and oxygen atoms in total. The molecule has 350 valence electrons. The van der Waals surface area contributed by atoms with Gasteiger partial charge >= 0.3 is 12.4 Å². The van der Waals surface area contributed by atoms with Crippen molar-refractivity contribution >= 4 is 43.6 Å². The molecule has 0 atom stereocenters. The average Bonchev–Trinajstić information content (AvgIpc) is 3.94. The van der Waals surface area contributed by atoms with Crippen molar-refractivity contribution in [3.63, 3.8) is 0 Å². The highest BCUT2D eigenvalue weighted by atomic mass is 19.4. The number of para-hydroxylation sites is 2. The quantitative estimate of drug-likeness (QED) is 0.153. The molecule has 2 heterocycles. The molecule has 0 aliphatic heterocycles. The van der Waals surface area contributed by atoms with Crippen LogP contribution >= 0.6 is 0 Å². The monoisotopic (exact) mass is 973 g/mol. The molecule has 0 radical (unpaired) electrons. The fraction of sp³-hybridized carbons (Fsp3) is 0.0328. The van der Waals surface area contributed by atoms with Crippen molar-refractivity contribution < 1.29 is 26.3 Å². The van der Waals surface area contributed by atoms with E-state index in [1.54, 1.807) is 60.7 Å². The van der Waals surface area contributed by atoms with Crippen LogP contribution in [-0.2, 0) is 12.4 Å². The first-order valence-corrected chi connectivity index (χ1v) is 22.7. The van der Waals surface area contributed by atoms with Gasteiger partial charge in [0, 0.05) is 32.7 Å². The molecule has 13 heteroatoms. The maximum absolute atomic E-state index is 15.0. The Morgan fingerprint density at radius 1 is 0.324 bits per heavy atom. The number of nitriles is 5. The van der Waals surface area contributed by atoms with E-state index < -0.39 is 29.0 Å². The number of hydrogen-bond donors (Lipinski definition) is 0. The van der Waals surface area contributed by atoms with E-state index in [0.29, 0.717) is 78.4 Å². The fourth-order valence-electron chi connectivity index (χ4n) is 10.1. The highest BCUT2D eigenvalue weighted by Gasteiger charge is 2.38. The van der Waals surface area contributed by atoms with Gasteiger partial charge in [-0.2, -0.15) is 52.7 Å². The smallest absolute Gasteiger partial charge is 0.309 e. The predicted octanol–water partition coefficient (Wildman–Crippen LogP) is 15.9. The molecular weight excluding hydrogens is 945 g/mol. The Labute approximate surface area is 417 Å². The second-order valence-corrected chi connectivity index (χ2v) is 17.5. The van der Waals surface area contributed by atoms with Crippen molar-refractivity contribution in [2.45, 2.75) is 12.4 Å². The van der Waals surface area contributed by atoms with Crippen LogP contribution in [0.5, 0.6) is 0 Å². The highest BCUT2D eigenvalue weighted by Crippen LogP contribution is 2.46. The van der Waals surface area contributed by atoms with E-state index >= 15 is 0 Å².